The van der Waals surface area contributed by atoms with Crippen molar-refractivity contribution in [2.45, 2.75) is 31.7 Å². The molecule has 3 rings (SSSR count). The van der Waals surface area contributed by atoms with Gasteiger partial charge in [0.1, 0.15) is 5.75 Å². The van der Waals surface area contributed by atoms with Crippen molar-refractivity contribution in [1.82, 2.24) is 5.32 Å². The van der Waals surface area contributed by atoms with Gasteiger partial charge in [-0.25, -0.2) is 0 Å². The zero-order valence-corrected chi connectivity index (χ0v) is 8.87. The number of nitrogens with one attached hydrogen (secondary N) is 1. The van der Waals surface area contributed by atoms with E-state index in [0.29, 0.717) is 11.8 Å². The normalized spacial score (nSPS) is 29.3. The summed E-state index contributed by atoms with van der Waals surface area (Å²) in [5.41, 5.74) is 2.78. The molecule has 2 N–H and O–H groups in total. The Morgan fingerprint density at radius 3 is 3.07 bits per heavy atom. The van der Waals surface area contributed by atoms with Crippen LogP contribution < -0.4 is 5.32 Å². The summed E-state index contributed by atoms with van der Waals surface area (Å²) in [6, 6.07) is 6.51. The van der Waals surface area contributed by atoms with Crippen molar-refractivity contribution in [2.75, 3.05) is 6.54 Å². The van der Waals surface area contributed by atoms with Gasteiger partial charge in [0, 0.05) is 6.04 Å². The van der Waals surface area contributed by atoms with Crippen LogP contribution in [0.3, 0.4) is 0 Å². The molecule has 1 saturated heterocycles. The molecule has 2 heteroatoms. The Kier molecular flexibility index (Phi) is 2.17. The van der Waals surface area contributed by atoms with E-state index in [-0.39, 0.29) is 0 Å². The van der Waals surface area contributed by atoms with Crippen LogP contribution in [0.5, 0.6) is 5.75 Å². The molecule has 1 heterocycles. The minimum atomic E-state index is 0.413. The summed E-state index contributed by atoms with van der Waals surface area (Å²) in [6.07, 6.45) is 4.92. The van der Waals surface area contributed by atoms with Gasteiger partial charge in [0.15, 0.2) is 0 Å². The van der Waals surface area contributed by atoms with Crippen molar-refractivity contribution in [1.29, 1.82) is 0 Å². The van der Waals surface area contributed by atoms with Crippen LogP contribution in [-0.4, -0.2) is 17.7 Å². The zero-order chi connectivity index (χ0) is 10.3. The Balaban J connectivity index is 1.92. The maximum Gasteiger partial charge on any atom is 0.115 e. The van der Waals surface area contributed by atoms with E-state index in [1.165, 1.54) is 30.5 Å². The van der Waals surface area contributed by atoms with Crippen LogP contribution in [-0.2, 0) is 12.8 Å². The molecule has 1 aromatic rings. The van der Waals surface area contributed by atoms with Crippen LogP contribution in [0, 0.1) is 5.92 Å². The summed E-state index contributed by atoms with van der Waals surface area (Å²) < 4.78 is 0. The van der Waals surface area contributed by atoms with Gasteiger partial charge in [-0.1, -0.05) is 6.07 Å². The molecule has 2 nitrogen and oxygen atoms in total. The van der Waals surface area contributed by atoms with Crippen LogP contribution in [0.15, 0.2) is 18.2 Å². The molecule has 0 bridgehead atoms. The van der Waals surface area contributed by atoms with E-state index in [0.717, 1.165) is 18.8 Å². The number of piperidine rings is 1. The first-order valence-electron chi connectivity index (χ1n) is 5.87. The van der Waals surface area contributed by atoms with Crippen LogP contribution in [0.2, 0.25) is 0 Å². The highest BCUT2D eigenvalue weighted by atomic mass is 16.3. The monoisotopic (exact) mass is 203 g/mol. The van der Waals surface area contributed by atoms with E-state index in [1.54, 1.807) is 0 Å². The van der Waals surface area contributed by atoms with Crippen molar-refractivity contribution >= 4 is 0 Å². The van der Waals surface area contributed by atoms with Gasteiger partial charge in [0.05, 0.1) is 0 Å². The molecule has 0 unspecified atom stereocenters. The van der Waals surface area contributed by atoms with Gasteiger partial charge in [-0.05, 0) is 61.4 Å². The highest BCUT2D eigenvalue weighted by Crippen LogP contribution is 2.32. The fraction of sp³-hybridized carbons (Fsp3) is 0.538. The highest BCUT2D eigenvalue weighted by Gasteiger charge is 2.30. The quantitative estimate of drug-likeness (QED) is 0.674. The average Bonchev–Trinajstić information content (AvgIpc) is 2.26. The molecule has 2 atom stereocenters. The number of hydrogen-bond acceptors (Lipinski definition) is 2. The predicted octanol–water partition coefficient (Wildman–Crippen LogP) is 1.86. The maximum absolute atomic E-state index is 9.47. The lowest BCUT2D eigenvalue weighted by atomic mass is 9.76. The minimum absolute atomic E-state index is 0.413. The van der Waals surface area contributed by atoms with Crippen molar-refractivity contribution in [2.24, 2.45) is 5.92 Å². The number of rotatable bonds is 0. The molecule has 1 fully saturated rings. The molecule has 2 aliphatic rings. The van der Waals surface area contributed by atoms with E-state index < -0.39 is 0 Å². The van der Waals surface area contributed by atoms with Crippen LogP contribution in [0.4, 0.5) is 0 Å². The van der Waals surface area contributed by atoms with Crippen molar-refractivity contribution in [3.8, 4) is 5.75 Å². The summed E-state index contributed by atoms with van der Waals surface area (Å²) in [5, 5.41) is 13.1. The Bertz CT molecular complexity index is 375. The molecule has 0 spiro atoms. The summed E-state index contributed by atoms with van der Waals surface area (Å²) >= 11 is 0. The van der Waals surface area contributed by atoms with Crippen LogP contribution in [0.1, 0.15) is 24.0 Å². The number of hydrogen-bond donors (Lipinski definition) is 2. The Labute approximate surface area is 90.3 Å². The highest BCUT2D eigenvalue weighted by molar-refractivity contribution is 5.37. The van der Waals surface area contributed by atoms with Crippen molar-refractivity contribution < 1.29 is 5.11 Å². The van der Waals surface area contributed by atoms with Gasteiger partial charge in [-0.2, -0.15) is 0 Å². The summed E-state index contributed by atoms with van der Waals surface area (Å²) in [4.78, 5) is 0. The first kappa shape index (κ1) is 9.22. The largest absolute Gasteiger partial charge is 0.508 e. The van der Waals surface area contributed by atoms with Gasteiger partial charge in [0.25, 0.3) is 0 Å². The second kappa shape index (κ2) is 3.53. The third-order valence-electron chi connectivity index (χ3n) is 3.84. The molecule has 0 saturated carbocycles. The summed E-state index contributed by atoms with van der Waals surface area (Å²) in [5.74, 6) is 1.20. The van der Waals surface area contributed by atoms with Gasteiger partial charge in [-0.3, -0.25) is 0 Å². The fourth-order valence-corrected chi connectivity index (χ4v) is 3.02. The molecule has 15 heavy (non-hydrogen) atoms. The molecule has 1 aliphatic carbocycles. The van der Waals surface area contributed by atoms with Gasteiger partial charge in [-0.15, -0.1) is 0 Å². The van der Waals surface area contributed by atoms with E-state index in [9.17, 15) is 5.11 Å². The Morgan fingerprint density at radius 2 is 2.13 bits per heavy atom. The zero-order valence-electron chi connectivity index (χ0n) is 8.87. The Morgan fingerprint density at radius 1 is 1.20 bits per heavy atom. The summed E-state index contributed by atoms with van der Waals surface area (Å²) in [7, 11) is 0. The lowest BCUT2D eigenvalue weighted by Gasteiger charge is -2.37. The van der Waals surface area contributed by atoms with E-state index in [4.69, 9.17) is 0 Å². The average molecular weight is 203 g/mol. The van der Waals surface area contributed by atoms with Crippen LogP contribution >= 0.6 is 0 Å². The molecular weight excluding hydrogens is 186 g/mol. The lowest BCUT2D eigenvalue weighted by molar-refractivity contribution is 0.263. The topological polar surface area (TPSA) is 32.3 Å². The molecule has 0 aromatic heterocycles. The third-order valence-corrected chi connectivity index (χ3v) is 3.84. The molecule has 80 valence electrons. The number of phenols is 1. The first-order chi connectivity index (χ1) is 7.33. The predicted molar refractivity (Wildman–Crippen MR) is 60.0 cm³/mol. The number of aromatic hydroxyl groups is 1. The maximum atomic E-state index is 9.47. The number of fused-ring (bicyclic) bond motifs is 2. The van der Waals surface area contributed by atoms with E-state index >= 15 is 0 Å². The Hall–Kier alpha value is -1.02. The number of benzene rings is 1. The SMILES string of the molecule is Oc1ccc2c(c1)C[C@@H]1CCCN[C@H]1C2. The van der Waals surface area contributed by atoms with Gasteiger partial charge >= 0.3 is 0 Å². The lowest BCUT2D eigenvalue weighted by Crippen LogP contribution is -2.45. The fourth-order valence-electron chi connectivity index (χ4n) is 3.02. The molecule has 1 aromatic carbocycles. The number of phenolic OH excluding ortho intramolecular Hbond substituents is 1. The minimum Gasteiger partial charge on any atom is -0.508 e. The van der Waals surface area contributed by atoms with Crippen molar-refractivity contribution in [3.05, 3.63) is 29.3 Å². The molecular formula is C13H17NO. The smallest absolute Gasteiger partial charge is 0.115 e. The molecule has 0 amide bonds. The first-order valence-corrected chi connectivity index (χ1v) is 5.87. The van der Waals surface area contributed by atoms with E-state index in [2.05, 4.69) is 11.4 Å². The second-order valence-electron chi connectivity index (χ2n) is 4.82. The van der Waals surface area contributed by atoms with Crippen molar-refractivity contribution in [3.63, 3.8) is 0 Å². The van der Waals surface area contributed by atoms with Gasteiger partial charge in [0.2, 0.25) is 0 Å². The van der Waals surface area contributed by atoms with Crippen LogP contribution in [0.25, 0.3) is 0 Å². The van der Waals surface area contributed by atoms with E-state index in [1.807, 2.05) is 12.1 Å². The van der Waals surface area contributed by atoms with Gasteiger partial charge < -0.3 is 10.4 Å². The standard InChI is InChI=1S/C13H17NO/c15-12-4-3-9-8-13-10(2-1-5-14-13)6-11(9)7-12/h3-4,7,10,13-15H,1-2,5-6,8H2/t10-,13-/m0/s1. The molecule has 0 radical (unpaired) electrons. The summed E-state index contributed by atoms with van der Waals surface area (Å²) in [6.45, 7) is 1.18. The third kappa shape index (κ3) is 1.63. The second-order valence-corrected chi connectivity index (χ2v) is 4.82. The molecule has 1 aliphatic heterocycles.